The Labute approximate surface area is 173 Å². The van der Waals surface area contributed by atoms with Gasteiger partial charge in [-0.2, -0.15) is 0 Å². The first kappa shape index (κ1) is 20.9. The Kier molecular flexibility index (Phi) is 6.22. The van der Waals surface area contributed by atoms with E-state index in [0.717, 1.165) is 21.6 Å². The van der Waals surface area contributed by atoms with E-state index in [1.807, 2.05) is 32.0 Å². The lowest BCUT2D eigenvalue weighted by Crippen LogP contribution is -2.36. The molecule has 0 spiro atoms. The number of carbonyl (C=O) groups excluding carboxylic acids is 3. The highest BCUT2D eigenvalue weighted by Crippen LogP contribution is 2.37. The summed E-state index contributed by atoms with van der Waals surface area (Å²) in [6, 6.07) is 5.90. The van der Waals surface area contributed by atoms with Crippen molar-refractivity contribution in [2.75, 3.05) is 18.5 Å². The van der Waals surface area contributed by atoms with Gasteiger partial charge in [0.05, 0.1) is 25.1 Å². The number of nitrogens with one attached hydrogen (secondary N) is 1. The summed E-state index contributed by atoms with van der Waals surface area (Å²) in [4.78, 5) is 39.1. The molecule has 0 bridgehead atoms. The van der Waals surface area contributed by atoms with Gasteiger partial charge < -0.3 is 20.7 Å². The number of hydrogen-bond acceptors (Lipinski definition) is 5. The molecule has 2 aromatic rings. The molecule has 1 aromatic heterocycles. The van der Waals surface area contributed by atoms with Gasteiger partial charge in [-0.05, 0) is 49.4 Å². The molecule has 0 unspecified atom stereocenters. The number of nitrogens with two attached hydrogens (primary N) is 1. The SMILES string of the molecule is CCOC(=O)N1CCc2c(sc(NC(=O)Cc3ccc(C)c(C)c3)c2C(N)=O)C1. The second-order valence-electron chi connectivity index (χ2n) is 7.09. The Hall–Kier alpha value is -2.87. The Morgan fingerprint density at radius 3 is 2.66 bits per heavy atom. The minimum atomic E-state index is -0.575. The van der Waals surface area contributed by atoms with Gasteiger partial charge in [-0.15, -0.1) is 11.3 Å². The lowest BCUT2D eigenvalue weighted by Gasteiger charge is -2.26. The summed E-state index contributed by atoms with van der Waals surface area (Å²) in [6.07, 6.45) is 0.319. The van der Waals surface area contributed by atoms with Crippen LogP contribution in [0.5, 0.6) is 0 Å². The van der Waals surface area contributed by atoms with Crippen molar-refractivity contribution in [2.45, 2.75) is 40.2 Å². The van der Waals surface area contributed by atoms with Gasteiger partial charge >= 0.3 is 6.09 Å². The van der Waals surface area contributed by atoms with Crippen molar-refractivity contribution in [3.05, 3.63) is 50.9 Å². The first-order valence-electron chi connectivity index (χ1n) is 9.52. The smallest absolute Gasteiger partial charge is 0.410 e. The van der Waals surface area contributed by atoms with E-state index in [-0.39, 0.29) is 18.4 Å². The van der Waals surface area contributed by atoms with Crippen LogP contribution in [-0.4, -0.2) is 36.0 Å². The molecule has 8 heteroatoms. The fourth-order valence-corrected chi connectivity index (χ4v) is 4.68. The van der Waals surface area contributed by atoms with Crippen LogP contribution in [-0.2, 0) is 28.9 Å². The maximum atomic E-state index is 12.6. The highest BCUT2D eigenvalue weighted by atomic mass is 32.1. The molecule has 7 nitrogen and oxygen atoms in total. The van der Waals surface area contributed by atoms with E-state index < -0.39 is 5.91 Å². The quantitative estimate of drug-likeness (QED) is 0.783. The average Bonchev–Trinajstić information content (AvgIpc) is 3.01. The van der Waals surface area contributed by atoms with E-state index in [2.05, 4.69) is 5.32 Å². The van der Waals surface area contributed by atoms with E-state index in [1.54, 1.807) is 11.8 Å². The number of aryl methyl sites for hydroxylation is 2. The number of hydrogen-bond donors (Lipinski definition) is 2. The molecule has 2 heterocycles. The molecule has 1 aliphatic heterocycles. The Balaban J connectivity index is 1.79. The summed E-state index contributed by atoms with van der Waals surface area (Å²) in [5.74, 6) is -0.787. The van der Waals surface area contributed by atoms with Crippen molar-refractivity contribution in [1.29, 1.82) is 0 Å². The van der Waals surface area contributed by atoms with Crippen LogP contribution in [0.15, 0.2) is 18.2 Å². The molecule has 3 N–H and O–H groups in total. The number of nitrogens with zero attached hydrogens (tertiary/aromatic N) is 1. The maximum absolute atomic E-state index is 12.6. The largest absolute Gasteiger partial charge is 0.450 e. The van der Waals surface area contributed by atoms with Gasteiger partial charge in [-0.1, -0.05) is 18.2 Å². The number of benzene rings is 1. The predicted octanol–water partition coefficient (Wildman–Crippen LogP) is 3.16. The average molecular weight is 416 g/mol. The molecule has 154 valence electrons. The number of thiophene rings is 1. The van der Waals surface area contributed by atoms with Gasteiger partial charge in [-0.25, -0.2) is 4.79 Å². The van der Waals surface area contributed by atoms with Gasteiger partial charge in [0.2, 0.25) is 5.91 Å². The Bertz CT molecular complexity index is 967. The molecular formula is C21H25N3O4S. The van der Waals surface area contributed by atoms with E-state index in [1.165, 1.54) is 16.9 Å². The van der Waals surface area contributed by atoms with Crippen molar-refractivity contribution >= 4 is 34.2 Å². The molecule has 0 fully saturated rings. The number of rotatable bonds is 5. The van der Waals surface area contributed by atoms with Crippen LogP contribution in [0.1, 0.15) is 44.4 Å². The van der Waals surface area contributed by atoms with Crippen LogP contribution in [0.25, 0.3) is 0 Å². The molecule has 29 heavy (non-hydrogen) atoms. The van der Waals surface area contributed by atoms with Gasteiger partial charge in [-0.3, -0.25) is 9.59 Å². The second kappa shape index (κ2) is 8.65. The van der Waals surface area contributed by atoms with Crippen LogP contribution in [0.3, 0.4) is 0 Å². The zero-order valence-corrected chi connectivity index (χ0v) is 17.6. The summed E-state index contributed by atoms with van der Waals surface area (Å²) in [5, 5.41) is 3.29. The molecule has 0 aliphatic carbocycles. The molecule has 3 rings (SSSR count). The van der Waals surface area contributed by atoms with Gasteiger partial charge in [0.1, 0.15) is 5.00 Å². The maximum Gasteiger partial charge on any atom is 0.410 e. The minimum Gasteiger partial charge on any atom is -0.450 e. The van der Waals surface area contributed by atoms with Gasteiger partial charge in [0.25, 0.3) is 5.91 Å². The lowest BCUT2D eigenvalue weighted by molar-refractivity contribution is -0.115. The molecule has 0 radical (unpaired) electrons. The normalized spacial score (nSPS) is 13.0. The molecular weight excluding hydrogens is 390 g/mol. The van der Waals surface area contributed by atoms with Crippen molar-refractivity contribution in [3.8, 4) is 0 Å². The topological polar surface area (TPSA) is 102 Å². The van der Waals surface area contributed by atoms with Crippen molar-refractivity contribution in [1.82, 2.24) is 4.90 Å². The molecule has 0 saturated heterocycles. The molecule has 0 saturated carbocycles. The van der Waals surface area contributed by atoms with Crippen LogP contribution in [0.4, 0.5) is 9.80 Å². The fourth-order valence-electron chi connectivity index (χ4n) is 3.39. The number of anilines is 1. The zero-order chi connectivity index (χ0) is 21.1. The predicted molar refractivity (Wildman–Crippen MR) is 112 cm³/mol. The van der Waals surface area contributed by atoms with Gasteiger partial charge in [0, 0.05) is 11.4 Å². The first-order valence-corrected chi connectivity index (χ1v) is 10.3. The summed E-state index contributed by atoms with van der Waals surface area (Å²) in [7, 11) is 0. The van der Waals surface area contributed by atoms with Crippen LogP contribution < -0.4 is 11.1 Å². The standard InChI is InChI=1S/C21H25N3O4S/c1-4-28-21(27)24-8-7-15-16(11-24)29-20(18(15)19(22)26)23-17(25)10-14-6-5-12(2)13(3)9-14/h5-6,9H,4,7-8,10-11H2,1-3H3,(H2,22,26)(H,23,25). The van der Waals surface area contributed by atoms with Crippen LogP contribution >= 0.6 is 11.3 Å². The first-order chi connectivity index (χ1) is 13.8. The monoisotopic (exact) mass is 415 g/mol. The van der Waals surface area contributed by atoms with Crippen molar-refractivity contribution in [3.63, 3.8) is 0 Å². The van der Waals surface area contributed by atoms with Crippen molar-refractivity contribution < 1.29 is 19.1 Å². The summed E-state index contributed by atoms with van der Waals surface area (Å²) in [5.41, 5.74) is 9.96. The number of ether oxygens (including phenoxy) is 1. The van der Waals surface area contributed by atoms with Crippen LogP contribution in [0.2, 0.25) is 0 Å². The Morgan fingerprint density at radius 2 is 2.00 bits per heavy atom. The van der Waals surface area contributed by atoms with Crippen LogP contribution in [0, 0.1) is 13.8 Å². The van der Waals surface area contributed by atoms with E-state index >= 15 is 0 Å². The summed E-state index contributed by atoms with van der Waals surface area (Å²) >= 11 is 1.29. The number of fused-ring (bicyclic) bond motifs is 1. The third kappa shape index (κ3) is 4.59. The molecule has 1 aliphatic rings. The highest BCUT2D eigenvalue weighted by Gasteiger charge is 2.30. The number of primary amides is 1. The Morgan fingerprint density at radius 1 is 1.24 bits per heavy atom. The fraction of sp³-hybridized carbons (Fsp3) is 0.381. The second-order valence-corrected chi connectivity index (χ2v) is 8.19. The molecule has 0 atom stereocenters. The lowest BCUT2D eigenvalue weighted by atomic mass is 10.0. The summed E-state index contributed by atoms with van der Waals surface area (Å²) in [6.45, 7) is 6.87. The molecule has 3 amide bonds. The third-order valence-electron chi connectivity index (χ3n) is 5.02. The van der Waals surface area contributed by atoms with E-state index in [9.17, 15) is 14.4 Å². The van der Waals surface area contributed by atoms with E-state index in [4.69, 9.17) is 10.5 Å². The zero-order valence-electron chi connectivity index (χ0n) is 16.8. The number of amides is 3. The minimum absolute atomic E-state index is 0.205. The molecule has 1 aromatic carbocycles. The van der Waals surface area contributed by atoms with Gasteiger partial charge in [0.15, 0.2) is 0 Å². The number of carbonyl (C=O) groups is 3. The highest BCUT2D eigenvalue weighted by molar-refractivity contribution is 7.17. The summed E-state index contributed by atoms with van der Waals surface area (Å²) < 4.78 is 5.06. The van der Waals surface area contributed by atoms with Crippen molar-refractivity contribution in [2.24, 2.45) is 5.73 Å². The third-order valence-corrected chi connectivity index (χ3v) is 6.15. The van der Waals surface area contributed by atoms with E-state index in [0.29, 0.717) is 36.7 Å².